The first-order valence-corrected chi connectivity index (χ1v) is 19.8. The second-order valence-electron chi connectivity index (χ2n) is 14.5. The van der Waals surface area contributed by atoms with E-state index in [1.54, 1.807) is 0 Å². The van der Waals surface area contributed by atoms with Crippen LogP contribution in [-0.2, 0) is 0 Å². The van der Waals surface area contributed by atoms with Crippen LogP contribution in [0.3, 0.4) is 0 Å². The van der Waals surface area contributed by atoms with E-state index in [1.807, 2.05) is 11.8 Å². The molecule has 0 radical (unpaired) electrons. The van der Waals surface area contributed by atoms with Crippen LogP contribution >= 0.6 is 11.8 Å². The smallest absolute Gasteiger partial charge is 0.0547 e. The average molecular weight is 721 g/mol. The lowest BCUT2D eigenvalue weighted by atomic mass is 9.92. The molecule has 1 unspecified atom stereocenters. The fourth-order valence-electron chi connectivity index (χ4n) is 8.75. The van der Waals surface area contributed by atoms with Crippen molar-refractivity contribution >= 4 is 61.4 Å². The molecule has 9 aromatic rings. The van der Waals surface area contributed by atoms with Crippen LogP contribution in [-0.4, -0.2) is 4.57 Å². The van der Waals surface area contributed by atoms with Crippen molar-refractivity contribution in [2.45, 2.75) is 17.2 Å². The van der Waals surface area contributed by atoms with Crippen LogP contribution in [0.15, 0.2) is 210 Å². The van der Waals surface area contributed by atoms with Gasteiger partial charge in [0.25, 0.3) is 0 Å². The summed E-state index contributed by atoms with van der Waals surface area (Å²) in [6.07, 6.45) is 7.86. The Morgan fingerprint density at radius 2 is 1.27 bits per heavy atom. The van der Waals surface area contributed by atoms with Crippen molar-refractivity contribution in [2.24, 2.45) is 0 Å². The van der Waals surface area contributed by atoms with Gasteiger partial charge in [-0.2, -0.15) is 0 Å². The van der Waals surface area contributed by atoms with Gasteiger partial charge in [0.1, 0.15) is 0 Å². The molecule has 0 saturated carbocycles. The lowest BCUT2D eigenvalue weighted by molar-refractivity contribution is 0.837. The summed E-state index contributed by atoms with van der Waals surface area (Å²) in [5.41, 5.74) is 13.3. The SMILES string of the molecule is C1=CCC2C(=C1)Sc1cc(N(c3ccc(-c4ccc5c(c4)c4c6ccccc6ccc4n5-c4ccccc4)cc3)c3ccccc3-c3ccccc3)ccc12. The molecular formula is C52H36N2S. The van der Waals surface area contributed by atoms with Gasteiger partial charge in [0, 0.05) is 44.2 Å². The minimum atomic E-state index is 0.473. The van der Waals surface area contributed by atoms with Gasteiger partial charge in [0.05, 0.1) is 16.7 Å². The highest BCUT2D eigenvalue weighted by Crippen LogP contribution is 2.53. The topological polar surface area (TPSA) is 8.17 Å². The summed E-state index contributed by atoms with van der Waals surface area (Å²) in [7, 11) is 0. The fourth-order valence-corrected chi connectivity index (χ4v) is 10.0. The number of hydrogen-bond acceptors (Lipinski definition) is 2. The normalized spacial score (nSPS) is 14.6. The lowest BCUT2D eigenvalue weighted by Gasteiger charge is -2.28. The van der Waals surface area contributed by atoms with Gasteiger partial charge in [-0.05, 0) is 105 Å². The number of anilines is 3. The number of thioether (sulfide) groups is 1. The summed E-state index contributed by atoms with van der Waals surface area (Å²) < 4.78 is 2.41. The van der Waals surface area contributed by atoms with Gasteiger partial charge in [-0.1, -0.05) is 151 Å². The van der Waals surface area contributed by atoms with E-state index in [0.29, 0.717) is 5.92 Å². The molecule has 0 fully saturated rings. The number of para-hydroxylation sites is 2. The van der Waals surface area contributed by atoms with Crippen LogP contribution in [0.2, 0.25) is 0 Å². The summed E-state index contributed by atoms with van der Waals surface area (Å²) in [6.45, 7) is 0. The number of nitrogens with zero attached hydrogens (tertiary/aromatic N) is 2. The second kappa shape index (κ2) is 13.1. The number of hydrogen-bond donors (Lipinski definition) is 0. The molecule has 55 heavy (non-hydrogen) atoms. The van der Waals surface area contributed by atoms with Gasteiger partial charge in [-0.15, -0.1) is 0 Å². The molecule has 1 aliphatic carbocycles. The molecule has 2 aliphatic rings. The Kier molecular flexibility index (Phi) is 7.60. The zero-order valence-electron chi connectivity index (χ0n) is 30.1. The Bertz CT molecular complexity index is 2970. The highest BCUT2D eigenvalue weighted by Gasteiger charge is 2.29. The van der Waals surface area contributed by atoms with E-state index in [2.05, 4.69) is 210 Å². The van der Waals surface area contributed by atoms with Gasteiger partial charge in [0.15, 0.2) is 0 Å². The molecule has 0 bridgehead atoms. The third-order valence-electron chi connectivity index (χ3n) is 11.3. The first-order valence-electron chi connectivity index (χ1n) is 19.0. The molecule has 0 N–H and O–H groups in total. The molecule has 11 rings (SSSR count). The molecular weight excluding hydrogens is 685 g/mol. The molecule has 0 amide bonds. The molecule has 2 heterocycles. The van der Waals surface area contributed by atoms with E-state index in [9.17, 15) is 0 Å². The minimum Gasteiger partial charge on any atom is -0.310 e. The first-order chi connectivity index (χ1) is 27.3. The molecule has 260 valence electrons. The predicted molar refractivity (Wildman–Crippen MR) is 234 cm³/mol. The van der Waals surface area contributed by atoms with E-state index in [1.165, 1.54) is 75.9 Å². The van der Waals surface area contributed by atoms with Gasteiger partial charge >= 0.3 is 0 Å². The quantitative estimate of drug-likeness (QED) is 0.169. The molecule has 0 saturated heterocycles. The van der Waals surface area contributed by atoms with E-state index in [-0.39, 0.29) is 0 Å². The summed E-state index contributed by atoms with van der Waals surface area (Å²) in [4.78, 5) is 5.24. The Morgan fingerprint density at radius 3 is 2.15 bits per heavy atom. The van der Waals surface area contributed by atoms with Crippen molar-refractivity contribution in [3.63, 3.8) is 0 Å². The highest BCUT2D eigenvalue weighted by atomic mass is 32.2. The molecule has 2 nitrogen and oxygen atoms in total. The van der Waals surface area contributed by atoms with E-state index >= 15 is 0 Å². The summed E-state index contributed by atoms with van der Waals surface area (Å²) in [5.74, 6) is 0.473. The van der Waals surface area contributed by atoms with Crippen molar-refractivity contribution < 1.29 is 0 Å². The Morgan fingerprint density at radius 1 is 0.545 bits per heavy atom. The Balaban J connectivity index is 1.05. The maximum Gasteiger partial charge on any atom is 0.0547 e. The average Bonchev–Trinajstić information content (AvgIpc) is 3.80. The maximum atomic E-state index is 2.43. The van der Waals surface area contributed by atoms with Crippen molar-refractivity contribution in [2.75, 3.05) is 4.90 Å². The van der Waals surface area contributed by atoms with Crippen LogP contribution in [0, 0.1) is 0 Å². The van der Waals surface area contributed by atoms with E-state index < -0.39 is 0 Å². The molecule has 8 aromatic carbocycles. The maximum absolute atomic E-state index is 2.43. The summed E-state index contributed by atoms with van der Waals surface area (Å²) in [5, 5.41) is 5.08. The number of fused-ring (bicyclic) bond motifs is 8. The third kappa shape index (κ3) is 5.34. The minimum absolute atomic E-state index is 0.473. The van der Waals surface area contributed by atoms with E-state index in [0.717, 1.165) is 23.5 Å². The van der Waals surface area contributed by atoms with Crippen molar-refractivity contribution in [3.8, 4) is 27.9 Å². The van der Waals surface area contributed by atoms with Gasteiger partial charge in [0.2, 0.25) is 0 Å². The second-order valence-corrected chi connectivity index (χ2v) is 15.6. The molecule has 1 aromatic heterocycles. The van der Waals surface area contributed by atoms with Crippen LogP contribution < -0.4 is 4.90 Å². The van der Waals surface area contributed by atoms with Crippen molar-refractivity contribution in [3.05, 3.63) is 211 Å². The number of allylic oxidation sites excluding steroid dienone is 4. The van der Waals surface area contributed by atoms with Crippen LogP contribution in [0.1, 0.15) is 17.9 Å². The first kappa shape index (κ1) is 31.9. The zero-order chi connectivity index (χ0) is 36.3. The molecule has 0 spiro atoms. The van der Waals surface area contributed by atoms with Crippen LogP contribution in [0.25, 0.3) is 60.5 Å². The summed E-state index contributed by atoms with van der Waals surface area (Å²) >= 11 is 1.93. The van der Waals surface area contributed by atoms with Crippen molar-refractivity contribution in [1.82, 2.24) is 4.57 Å². The number of benzene rings is 8. The van der Waals surface area contributed by atoms with Gasteiger partial charge in [-0.25, -0.2) is 0 Å². The largest absolute Gasteiger partial charge is 0.310 e. The highest BCUT2D eigenvalue weighted by molar-refractivity contribution is 8.03. The third-order valence-corrected chi connectivity index (χ3v) is 12.6. The molecule has 1 aliphatic heterocycles. The standard InChI is InChI=1S/C52H36N2S/c1-3-13-36(14-4-1)42-18-9-11-21-47(42)53(41-29-30-45-44-20-10-12-22-50(44)55-51(45)34-41)40-27-23-35(24-28-40)38-26-31-48-46(33-38)52-43-19-8-7-15-37(43)25-32-49(52)54(48)39-16-5-2-6-17-39/h1-19,21-34,44H,20H2. The van der Waals surface area contributed by atoms with Gasteiger partial charge in [-0.3, -0.25) is 0 Å². The number of aromatic nitrogens is 1. The Hall–Kier alpha value is -6.55. The zero-order valence-corrected chi connectivity index (χ0v) is 31.0. The molecule has 1 atom stereocenters. The van der Waals surface area contributed by atoms with Gasteiger partial charge < -0.3 is 9.47 Å². The van der Waals surface area contributed by atoms with Crippen molar-refractivity contribution in [1.29, 1.82) is 0 Å². The summed E-state index contributed by atoms with van der Waals surface area (Å²) in [6, 6.07) is 66.7. The van der Waals surface area contributed by atoms with Crippen LogP contribution in [0.4, 0.5) is 17.1 Å². The van der Waals surface area contributed by atoms with Crippen LogP contribution in [0.5, 0.6) is 0 Å². The fraction of sp³-hybridized carbons (Fsp3) is 0.0385. The Labute approximate surface area is 325 Å². The molecule has 3 heteroatoms. The monoisotopic (exact) mass is 720 g/mol. The predicted octanol–water partition coefficient (Wildman–Crippen LogP) is 14.8. The van der Waals surface area contributed by atoms with E-state index in [4.69, 9.17) is 0 Å². The lowest BCUT2D eigenvalue weighted by Crippen LogP contribution is -2.11. The number of rotatable bonds is 6.